The highest BCUT2D eigenvalue weighted by Crippen LogP contribution is 2.29. The van der Waals surface area contributed by atoms with Crippen LogP contribution in [0.15, 0.2) is 71.6 Å². The minimum absolute atomic E-state index is 0.0118. The summed E-state index contributed by atoms with van der Waals surface area (Å²) in [5, 5.41) is 2.90. The lowest BCUT2D eigenvalue weighted by Gasteiger charge is -2.33. The summed E-state index contributed by atoms with van der Waals surface area (Å²) < 4.78 is 42.9. The summed E-state index contributed by atoms with van der Waals surface area (Å²) in [6.07, 6.45) is 0.311. The van der Waals surface area contributed by atoms with Crippen LogP contribution >= 0.6 is 0 Å². The second-order valence-corrected chi connectivity index (χ2v) is 12.7. The Hall–Kier alpha value is -3.72. The van der Waals surface area contributed by atoms with Crippen molar-refractivity contribution in [3.63, 3.8) is 0 Å². The molecule has 220 valence electrons. The largest absolute Gasteiger partial charge is 0.354 e. The molecule has 0 aliphatic rings. The molecule has 0 saturated carbocycles. The van der Waals surface area contributed by atoms with Gasteiger partial charge in [-0.05, 0) is 80.1 Å². The normalized spacial score (nSPS) is 12.2. The third-order valence-electron chi connectivity index (χ3n) is 6.86. The van der Waals surface area contributed by atoms with E-state index in [2.05, 4.69) is 5.32 Å². The van der Waals surface area contributed by atoms with Crippen molar-refractivity contribution in [2.45, 2.75) is 65.4 Å². The van der Waals surface area contributed by atoms with Crippen LogP contribution in [0.4, 0.5) is 10.1 Å². The van der Waals surface area contributed by atoms with Gasteiger partial charge < -0.3 is 10.2 Å². The highest BCUT2D eigenvalue weighted by molar-refractivity contribution is 7.92. The fourth-order valence-electron chi connectivity index (χ4n) is 4.47. The zero-order valence-electron chi connectivity index (χ0n) is 24.6. The molecule has 3 aromatic carbocycles. The van der Waals surface area contributed by atoms with E-state index in [-0.39, 0.29) is 23.3 Å². The number of nitrogens with zero attached hydrogens (tertiary/aromatic N) is 2. The van der Waals surface area contributed by atoms with Gasteiger partial charge in [0.15, 0.2) is 0 Å². The van der Waals surface area contributed by atoms with E-state index in [1.165, 1.54) is 29.2 Å². The summed E-state index contributed by atoms with van der Waals surface area (Å²) >= 11 is 0. The average molecular weight is 582 g/mol. The fourth-order valence-corrected chi connectivity index (χ4v) is 5.94. The van der Waals surface area contributed by atoms with E-state index < -0.39 is 34.3 Å². The average Bonchev–Trinajstić information content (AvgIpc) is 2.93. The summed E-state index contributed by atoms with van der Waals surface area (Å²) in [4.78, 5) is 28.9. The van der Waals surface area contributed by atoms with Gasteiger partial charge in [-0.2, -0.15) is 0 Å². The Labute approximate surface area is 243 Å². The Morgan fingerprint density at radius 1 is 0.902 bits per heavy atom. The number of aryl methyl sites for hydroxylation is 3. The lowest BCUT2D eigenvalue weighted by atomic mass is 10.1. The van der Waals surface area contributed by atoms with Crippen LogP contribution in [0.1, 0.15) is 49.4 Å². The van der Waals surface area contributed by atoms with Crippen molar-refractivity contribution in [1.82, 2.24) is 10.2 Å². The van der Waals surface area contributed by atoms with Gasteiger partial charge in [0, 0.05) is 13.1 Å². The maximum Gasteiger partial charge on any atom is 0.264 e. The smallest absolute Gasteiger partial charge is 0.264 e. The molecule has 0 unspecified atom stereocenters. The lowest BCUT2D eigenvalue weighted by Crippen LogP contribution is -2.52. The third kappa shape index (κ3) is 8.16. The van der Waals surface area contributed by atoms with Crippen LogP contribution in [0.25, 0.3) is 0 Å². The van der Waals surface area contributed by atoms with Crippen LogP contribution in [0.3, 0.4) is 0 Å². The molecule has 0 bridgehead atoms. The number of carbonyl (C=O) groups excluding carboxylic acids is 2. The molecule has 3 aromatic rings. The first kappa shape index (κ1) is 31.8. The van der Waals surface area contributed by atoms with Gasteiger partial charge in [-0.15, -0.1) is 0 Å². The summed E-state index contributed by atoms with van der Waals surface area (Å²) in [5.41, 5.74) is 3.44. The number of carbonyl (C=O) groups is 2. The zero-order chi connectivity index (χ0) is 30.3. The summed E-state index contributed by atoms with van der Waals surface area (Å²) in [7, 11) is -4.16. The van der Waals surface area contributed by atoms with E-state index in [9.17, 15) is 22.4 Å². The first-order chi connectivity index (χ1) is 19.3. The van der Waals surface area contributed by atoms with Gasteiger partial charge in [0.1, 0.15) is 18.4 Å². The molecule has 0 saturated heterocycles. The topological polar surface area (TPSA) is 86.8 Å². The molecule has 0 radical (unpaired) electrons. The minimum Gasteiger partial charge on any atom is -0.354 e. The summed E-state index contributed by atoms with van der Waals surface area (Å²) in [6, 6.07) is 16.8. The van der Waals surface area contributed by atoms with Crippen molar-refractivity contribution in [1.29, 1.82) is 0 Å². The van der Waals surface area contributed by atoms with Crippen LogP contribution in [-0.4, -0.2) is 44.3 Å². The van der Waals surface area contributed by atoms with Crippen molar-refractivity contribution < 1.29 is 22.4 Å². The monoisotopic (exact) mass is 581 g/mol. The summed E-state index contributed by atoms with van der Waals surface area (Å²) in [6.45, 7) is 11.2. The lowest BCUT2D eigenvalue weighted by molar-refractivity contribution is -0.140. The van der Waals surface area contributed by atoms with Crippen molar-refractivity contribution in [3.05, 3.63) is 94.8 Å². The number of hydrogen-bond acceptors (Lipinski definition) is 4. The van der Waals surface area contributed by atoms with Gasteiger partial charge >= 0.3 is 0 Å². The van der Waals surface area contributed by atoms with Gasteiger partial charge in [0.2, 0.25) is 11.8 Å². The molecule has 7 nitrogen and oxygen atoms in total. The molecular weight excluding hydrogens is 541 g/mol. The Balaban J connectivity index is 2.08. The van der Waals surface area contributed by atoms with E-state index >= 15 is 0 Å². The van der Waals surface area contributed by atoms with E-state index in [1.54, 1.807) is 44.2 Å². The van der Waals surface area contributed by atoms with Crippen LogP contribution in [0.5, 0.6) is 0 Å². The van der Waals surface area contributed by atoms with Gasteiger partial charge in [-0.3, -0.25) is 13.9 Å². The van der Waals surface area contributed by atoms with Crippen molar-refractivity contribution >= 4 is 27.5 Å². The minimum atomic E-state index is -4.16. The van der Waals surface area contributed by atoms with Crippen molar-refractivity contribution in [2.75, 3.05) is 17.4 Å². The summed E-state index contributed by atoms with van der Waals surface area (Å²) in [5.74, 6) is -1.08. The number of anilines is 1. The van der Waals surface area contributed by atoms with Gasteiger partial charge in [-0.1, -0.05) is 62.7 Å². The van der Waals surface area contributed by atoms with E-state index in [1.807, 2.05) is 39.8 Å². The van der Waals surface area contributed by atoms with Crippen molar-refractivity contribution in [3.8, 4) is 0 Å². The van der Waals surface area contributed by atoms with E-state index in [0.717, 1.165) is 15.4 Å². The Morgan fingerprint density at radius 3 is 2.10 bits per heavy atom. The third-order valence-corrected chi connectivity index (χ3v) is 8.63. The molecule has 0 aliphatic heterocycles. The number of hydrogen-bond donors (Lipinski definition) is 1. The molecule has 2 amide bonds. The molecule has 41 heavy (non-hydrogen) atoms. The Bertz CT molecular complexity index is 1460. The number of halogens is 1. The maximum atomic E-state index is 14.1. The number of rotatable bonds is 12. The zero-order valence-corrected chi connectivity index (χ0v) is 25.5. The molecule has 1 atom stereocenters. The Morgan fingerprint density at radius 2 is 1.51 bits per heavy atom. The molecular formula is C32H40FN3O4S. The molecule has 1 N–H and O–H groups in total. The second-order valence-electron chi connectivity index (χ2n) is 10.8. The molecule has 9 heteroatoms. The van der Waals surface area contributed by atoms with Crippen LogP contribution in [0, 0.1) is 32.5 Å². The molecule has 3 rings (SSSR count). The van der Waals surface area contributed by atoms with Crippen LogP contribution < -0.4 is 9.62 Å². The van der Waals surface area contributed by atoms with Crippen LogP contribution in [0.2, 0.25) is 0 Å². The van der Waals surface area contributed by atoms with Crippen LogP contribution in [-0.2, 0) is 26.2 Å². The number of nitrogens with one attached hydrogen (secondary N) is 1. The standard InChI is InChI=1S/C32H40FN3O4S/c1-7-29(32(38)34-19-22(2)3)35(20-26-12-14-27(33)15-13-26)31(37)21-36(30-18-24(5)8-11-25(30)6)41(39,40)28-16-9-23(4)10-17-28/h8-18,22,29H,7,19-21H2,1-6H3,(H,34,38)/t29-/m0/s1. The first-order valence-corrected chi connectivity index (χ1v) is 15.3. The van der Waals surface area contributed by atoms with Gasteiger partial charge in [0.25, 0.3) is 10.0 Å². The maximum absolute atomic E-state index is 14.1. The van der Waals surface area contributed by atoms with Crippen molar-refractivity contribution in [2.24, 2.45) is 5.92 Å². The predicted molar refractivity (Wildman–Crippen MR) is 161 cm³/mol. The predicted octanol–water partition coefficient (Wildman–Crippen LogP) is 5.53. The number of amides is 2. The highest BCUT2D eigenvalue weighted by Gasteiger charge is 2.34. The number of sulfonamides is 1. The van der Waals surface area contributed by atoms with Gasteiger partial charge in [-0.25, -0.2) is 12.8 Å². The second kappa shape index (κ2) is 13.8. The molecule has 0 aromatic heterocycles. The molecule has 0 heterocycles. The Kier molecular flexibility index (Phi) is 10.7. The SMILES string of the molecule is CC[C@@H](C(=O)NCC(C)C)N(Cc1ccc(F)cc1)C(=O)CN(c1cc(C)ccc1C)S(=O)(=O)c1ccc(C)cc1. The quantitative estimate of drug-likeness (QED) is 0.305. The highest BCUT2D eigenvalue weighted by atomic mass is 32.2. The molecule has 0 spiro atoms. The molecule has 0 fully saturated rings. The van der Waals surface area contributed by atoms with Gasteiger partial charge in [0.05, 0.1) is 10.6 Å². The fraction of sp³-hybridized carbons (Fsp3) is 0.375. The first-order valence-electron chi connectivity index (χ1n) is 13.8. The van der Waals surface area contributed by atoms with E-state index in [4.69, 9.17) is 0 Å². The van der Waals surface area contributed by atoms with E-state index in [0.29, 0.717) is 29.8 Å². The molecule has 0 aliphatic carbocycles. The number of benzene rings is 3.